The van der Waals surface area contributed by atoms with Gasteiger partial charge < -0.3 is 23.7 Å². The molecule has 0 aromatic heterocycles. The van der Waals surface area contributed by atoms with Crippen LogP contribution in [0.25, 0.3) is 0 Å². The highest BCUT2D eigenvalue weighted by Gasteiger charge is 2.16. The van der Waals surface area contributed by atoms with Gasteiger partial charge in [0.15, 0.2) is 34.7 Å². The summed E-state index contributed by atoms with van der Waals surface area (Å²) < 4.78 is 26.8. The van der Waals surface area contributed by atoms with E-state index in [-0.39, 0.29) is 34.7 Å². The molecule has 0 heterocycles. The van der Waals surface area contributed by atoms with E-state index < -0.39 is 0 Å². The van der Waals surface area contributed by atoms with Gasteiger partial charge in [-0.25, -0.2) is 0 Å². The van der Waals surface area contributed by atoms with Gasteiger partial charge in [-0.1, -0.05) is 138 Å². The zero-order valence-electron chi connectivity index (χ0n) is 51.9. The van der Waals surface area contributed by atoms with Crippen LogP contribution < -0.4 is 23.7 Å². The highest BCUT2D eigenvalue weighted by molar-refractivity contribution is 6.14. The molecule has 0 amide bonds. The van der Waals surface area contributed by atoms with E-state index in [9.17, 15) is 28.8 Å². The summed E-state index contributed by atoms with van der Waals surface area (Å²) in [5.41, 5.74) is 11.1. The van der Waals surface area contributed by atoms with E-state index in [0.29, 0.717) is 78.4 Å². The van der Waals surface area contributed by atoms with Gasteiger partial charge in [0.1, 0.15) is 40.2 Å². The Labute approximate surface area is 531 Å². The van der Waals surface area contributed by atoms with Crippen molar-refractivity contribution < 1.29 is 52.5 Å². The van der Waals surface area contributed by atoms with Crippen LogP contribution in [-0.2, 0) is 0 Å². The molecule has 0 spiro atoms. The molecule has 11 nitrogen and oxygen atoms in total. The van der Waals surface area contributed by atoms with Crippen LogP contribution >= 0.6 is 0 Å². The van der Waals surface area contributed by atoms with E-state index in [4.69, 9.17) is 23.7 Å². The Balaban J connectivity index is 0.000000158. The van der Waals surface area contributed by atoms with Gasteiger partial charge in [-0.2, -0.15) is 0 Å². The minimum absolute atomic E-state index is 0.0170. The normalized spacial score (nSPS) is 10.2. The molecule has 454 valence electrons. The lowest BCUT2D eigenvalue weighted by Crippen LogP contribution is -2.06. The number of carbonyl (C=O) groups excluding carboxylic acids is 6. The molecule has 11 aromatic carbocycles. The van der Waals surface area contributed by atoms with Crippen LogP contribution in [0.15, 0.2) is 267 Å². The van der Waals surface area contributed by atoms with Crippen LogP contribution in [0.4, 0.5) is 0 Å². The maximum Gasteiger partial charge on any atom is 0.193 e. The standard InChI is InChI=1S/2C22H18O3.C21H18O3.C15H14O2/c1-15-3-11-20(12-4-15)25-21-13-9-19(10-14-21)22(24)18-7-5-17(6-8-18)16(2)23;1-15-6-8-16(9-7-15)21(23)18-4-3-5-19(14-18)22(24)17-10-12-20(25-2)13-11-17;1-15-3-9-19(10-4-15)24-20-13-7-17(8-14-20)21(22)16-5-11-18(23-2)12-6-16;1-11-3-5-12(6-4-11)15(16)13-7-9-14(17-2)10-8-13/h2*3-14H,1-2H3;3-14H,1-2H3;3-10H,1-2H3. The minimum atomic E-state index is -0.124. The van der Waals surface area contributed by atoms with Crippen molar-refractivity contribution in [1.29, 1.82) is 0 Å². The van der Waals surface area contributed by atoms with Crippen molar-refractivity contribution in [3.63, 3.8) is 0 Å². The van der Waals surface area contributed by atoms with Crippen LogP contribution in [0, 0.1) is 27.7 Å². The van der Waals surface area contributed by atoms with Gasteiger partial charge in [0, 0.05) is 61.2 Å². The molecule has 0 fully saturated rings. The molecular formula is C80H68O11. The molecule has 0 bridgehead atoms. The van der Waals surface area contributed by atoms with Gasteiger partial charge >= 0.3 is 0 Å². The summed E-state index contributed by atoms with van der Waals surface area (Å²) in [7, 11) is 4.79. The Morgan fingerprint density at radius 2 is 0.396 bits per heavy atom. The van der Waals surface area contributed by atoms with Crippen LogP contribution in [0.3, 0.4) is 0 Å². The maximum atomic E-state index is 12.6. The Morgan fingerprint density at radius 3 is 0.626 bits per heavy atom. The first-order valence-corrected chi connectivity index (χ1v) is 29.2. The van der Waals surface area contributed by atoms with E-state index in [2.05, 4.69) is 0 Å². The van der Waals surface area contributed by atoms with Crippen LogP contribution in [-0.4, -0.2) is 56.0 Å². The average Bonchev–Trinajstić information content (AvgIpc) is 2.63. The first kappa shape index (κ1) is 65.4. The number of aryl methyl sites for hydroxylation is 4. The molecule has 11 aromatic rings. The molecule has 0 atom stereocenters. The number of ketones is 6. The topological polar surface area (TPSA) is 149 Å². The summed E-state index contributed by atoms with van der Waals surface area (Å²) in [4.78, 5) is 73.7. The molecule has 91 heavy (non-hydrogen) atoms. The van der Waals surface area contributed by atoms with E-state index in [0.717, 1.165) is 34.1 Å². The van der Waals surface area contributed by atoms with E-state index in [1.54, 1.807) is 203 Å². The lowest BCUT2D eigenvalue weighted by atomic mass is 9.97. The molecule has 0 saturated carbocycles. The van der Waals surface area contributed by atoms with E-state index >= 15 is 0 Å². The zero-order valence-corrected chi connectivity index (χ0v) is 51.9. The van der Waals surface area contributed by atoms with Gasteiger partial charge in [-0.15, -0.1) is 0 Å². The smallest absolute Gasteiger partial charge is 0.193 e. The summed E-state index contributed by atoms with van der Waals surface area (Å²) in [5, 5.41) is 0. The highest BCUT2D eigenvalue weighted by atomic mass is 16.5. The van der Waals surface area contributed by atoms with Crippen molar-refractivity contribution in [2.24, 2.45) is 0 Å². The van der Waals surface area contributed by atoms with Gasteiger partial charge in [-0.05, 0) is 186 Å². The Bertz CT molecular complexity index is 4230. The number of carbonyl (C=O) groups is 6. The molecule has 0 radical (unpaired) electrons. The number of hydrogen-bond donors (Lipinski definition) is 0. The van der Waals surface area contributed by atoms with E-state index in [1.165, 1.54) is 18.1 Å². The number of methoxy groups -OCH3 is 3. The monoisotopic (exact) mass is 1200 g/mol. The van der Waals surface area contributed by atoms with Crippen LogP contribution in [0.5, 0.6) is 40.2 Å². The van der Waals surface area contributed by atoms with Crippen molar-refractivity contribution in [3.8, 4) is 40.2 Å². The SMILES string of the molecule is CC(=O)c1ccc(C(=O)c2ccc(Oc3ccc(C)cc3)cc2)cc1.COc1ccc(C(=O)c2ccc(C)cc2)cc1.COc1ccc(C(=O)c2ccc(Oc3ccc(C)cc3)cc2)cc1.COc1ccc(C(=O)c2cccc(C(=O)c3ccc(C)cc3)c2)cc1. The number of rotatable bonds is 18. The van der Waals surface area contributed by atoms with Gasteiger partial charge in [0.2, 0.25) is 0 Å². The molecule has 11 rings (SSSR count). The predicted molar refractivity (Wildman–Crippen MR) is 357 cm³/mol. The maximum absolute atomic E-state index is 12.6. The quantitative estimate of drug-likeness (QED) is 0.0756. The summed E-state index contributed by atoms with van der Waals surface area (Å²) in [6.45, 7) is 9.53. The van der Waals surface area contributed by atoms with Crippen LogP contribution in [0.1, 0.15) is 119 Å². The molecule has 0 aliphatic heterocycles. The van der Waals surface area contributed by atoms with Crippen LogP contribution in [0.2, 0.25) is 0 Å². The molecule has 0 unspecified atom stereocenters. The van der Waals surface area contributed by atoms with E-state index in [1.807, 2.05) is 113 Å². The first-order chi connectivity index (χ1) is 44.0. The molecule has 0 saturated heterocycles. The average molecular weight is 1210 g/mol. The Morgan fingerprint density at radius 1 is 0.220 bits per heavy atom. The van der Waals surface area contributed by atoms with Gasteiger partial charge in [-0.3, -0.25) is 28.8 Å². The lowest BCUT2D eigenvalue weighted by Gasteiger charge is -2.07. The predicted octanol–water partition coefficient (Wildman–Crippen LogP) is 17.9. The van der Waals surface area contributed by atoms with Crippen molar-refractivity contribution >= 4 is 34.7 Å². The third-order valence-corrected chi connectivity index (χ3v) is 14.4. The number of hydrogen-bond acceptors (Lipinski definition) is 11. The minimum Gasteiger partial charge on any atom is -0.497 e. The fourth-order valence-electron chi connectivity index (χ4n) is 8.96. The third-order valence-electron chi connectivity index (χ3n) is 14.4. The van der Waals surface area contributed by atoms with Crippen molar-refractivity contribution in [3.05, 3.63) is 350 Å². The fourth-order valence-corrected chi connectivity index (χ4v) is 8.96. The lowest BCUT2D eigenvalue weighted by molar-refractivity contribution is 0.101. The zero-order chi connectivity index (χ0) is 64.8. The number of ether oxygens (including phenoxy) is 5. The Kier molecular flexibility index (Phi) is 22.9. The summed E-state index contributed by atoms with van der Waals surface area (Å²) in [5.74, 6) is 4.77. The van der Waals surface area contributed by atoms with Crippen molar-refractivity contribution in [2.75, 3.05) is 21.3 Å². The summed E-state index contributed by atoms with van der Waals surface area (Å²) in [6, 6.07) is 79.5. The van der Waals surface area contributed by atoms with Gasteiger partial charge in [0.05, 0.1) is 21.3 Å². The number of benzene rings is 11. The second kappa shape index (κ2) is 31.9. The molecule has 0 N–H and O–H groups in total. The third kappa shape index (κ3) is 18.7. The molecule has 0 aliphatic rings. The largest absolute Gasteiger partial charge is 0.497 e. The Hall–Kier alpha value is -11.6. The fraction of sp³-hybridized carbons (Fsp3) is 0.100. The summed E-state index contributed by atoms with van der Waals surface area (Å²) in [6.07, 6.45) is 0. The number of Topliss-reactive ketones (excluding diaryl/α,β-unsaturated/α-hetero) is 1. The van der Waals surface area contributed by atoms with Crippen molar-refractivity contribution in [1.82, 2.24) is 0 Å². The van der Waals surface area contributed by atoms with Crippen molar-refractivity contribution in [2.45, 2.75) is 34.6 Å². The second-order valence-electron chi connectivity index (χ2n) is 21.2. The highest BCUT2D eigenvalue weighted by Crippen LogP contribution is 2.26. The second-order valence-corrected chi connectivity index (χ2v) is 21.2. The van der Waals surface area contributed by atoms with Gasteiger partial charge in [0.25, 0.3) is 0 Å². The molecule has 0 aliphatic carbocycles. The molecular weight excluding hydrogens is 1140 g/mol. The summed E-state index contributed by atoms with van der Waals surface area (Å²) >= 11 is 0. The first-order valence-electron chi connectivity index (χ1n) is 29.2. The molecule has 11 heteroatoms.